The average Bonchev–Trinajstić information content (AvgIpc) is 2.20. The number of hydrazone groups is 1. The normalized spacial score (nSPS) is 28.5. The van der Waals surface area contributed by atoms with Crippen LogP contribution in [-0.4, -0.2) is 11.7 Å². The Hall–Kier alpha value is -1.06. The van der Waals surface area contributed by atoms with Gasteiger partial charge < -0.3 is 5.73 Å². The minimum atomic E-state index is -0.586. The van der Waals surface area contributed by atoms with Crippen LogP contribution in [0.2, 0.25) is 0 Å². The van der Waals surface area contributed by atoms with E-state index in [-0.39, 0.29) is 5.41 Å². The summed E-state index contributed by atoms with van der Waals surface area (Å²) >= 11 is 0. The van der Waals surface area contributed by atoms with Crippen molar-refractivity contribution in [1.29, 1.82) is 0 Å². The molecular formula is C11H21N3O. The molecule has 2 amide bonds. The fourth-order valence-electron chi connectivity index (χ4n) is 2.40. The number of primary amides is 1. The first-order chi connectivity index (χ1) is 6.89. The van der Waals surface area contributed by atoms with Gasteiger partial charge in [-0.25, -0.2) is 10.2 Å². The standard InChI is InChI=1S/C11H21N3O/c1-8-4-5-9(13-14-10(12)15)7-11(2,3)6-8/h8H,4-7H2,1-3H3,(H3,12,14,15). The summed E-state index contributed by atoms with van der Waals surface area (Å²) in [5.41, 5.74) is 8.64. The Morgan fingerprint density at radius 1 is 1.60 bits per heavy atom. The lowest BCUT2D eigenvalue weighted by Crippen LogP contribution is -2.26. The van der Waals surface area contributed by atoms with Crippen molar-refractivity contribution in [2.24, 2.45) is 22.2 Å². The van der Waals surface area contributed by atoms with Gasteiger partial charge in [0.05, 0.1) is 0 Å². The Morgan fingerprint density at radius 3 is 2.87 bits per heavy atom. The van der Waals surface area contributed by atoms with Gasteiger partial charge in [0, 0.05) is 5.71 Å². The zero-order valence-corrected chi connectivity index (χ0v) is 9.84. The number of hydrogen-bond donors (Lipinski definition) is 2. The molecule has 1 aliphatic rings. The largest absolute Gasteiger partial charge is 0.350 e. The molecule has 0 aromatic heterocycles. The summed E-state index contributed by atoms with van der Waals surface area (Å²) in [7, 11) is 0. The van der Waals surface area contributed by atoms with Crippen LogP contribution in [-0.2, 0) is 0 Å². The summed E-state index contributed by atoms with van der Waals surface area (Å²) in [5, 5.41) is 4.06. The van der Waals surface area contributed by atoms with Gasteiger partial charge in [0.2, 0.25) is 0 Å². The lowest BCUT2D eigenvalue weighted by molar-refractivity contribution is 0.249. The van der Waals surface area contributed by atoms with Crippen LogP contribution in [0, 0.1) is 11.3 Å². The molecule has 0 saturated heterocycles. The zero-order chi connectivity index (χ0) is 11.5. The van der Waals surface area contributed by atoms with Crippen molar-refractivity contribution in [2.75, 3.05) is 0 Å². The van der Waals surface area contributed by atoms with Crippen molar-refractivity contribution in [3.05, 3.63) is 0 Å². The van der Waals surface area contributed by atoms with E-state index in [2.05, 4.69) is 31.3 Å². The van der Waals surface area contributed by atoms with E-state index in [1.807, 2.05) is 0 Å². The first kappa shape index (κ1) is 12.0. The van der Waals surface area contributed by atoms with Gasteiger partial charge in [-0.05, 0) is 37.0 Å². The van der Waals surface area contributed by atoms with Crippen LogP contribution in [0.1, 0.15) is 46.5 Å². The second-order valence-electron chi connectivity index (χ2n) is 5.34. The third-order valence-corrected chi connectivity index (χ3v) is 2.83. The predicted octanol–water partition coefficient (Wildman–Crippen LogP) is 2.25. The van der Waals surface area contributed by atoms with Gasteiger partial charge in [-0.2, -0.15) is 5.10 Å². The SMILES string of the molecule is CC1CCC(=NNC(N)=O)CC(C)(C)C1. The third-order valence-electron chi connectivity index (χ3n) is 2.83. The molecule has 86 valence electrons. The van der Waals surface area contributed by atoms with Crippen LogP contribution in [0.3, 0.4) is 0 Å². The Morgan fingerprint density at radius 2 is 2.27 bits per heavy atom. The quantitative estimate of drug-likeness (QED) is 0.507. The summed E-state index contributed by atoms with van der Waals surface area (Å²) in [6.45, 7) is 6.76. The molecule has 1 atom stereocenters. The molecule has 15 heavy (non-hydrogen) atoms. The highest BCUT2D eigenvalue weighted by Gasteiger charge is 2.27. The van der Waals surface area contributed by atoms with Gasteiger partial charge >= 0.3 is 6.03 Å². The smallest absolute Gasteiger partial charge is 0.332 e. The lowest BCUT2D eigenvalue weighted by atomic mass is 9.81. The summed E-state index contributed by atoms with van der Waals surface area (Å²) < 4.78 is 0. The molecule has 0 heterocycles. The van der Waals surface area contributed by atoms with Crippen LogP contribution in [0.4, 0.5) is 4.79 Å². The van der Waals surface area contributed by atoms with Crippen molar-refractivity contribution in [2.45, 2.75) is 46.5 Å². The molecule has 0 aromatic carbocycles. The fourth-order valence-corrected chi connectivity index (χ4v) is 2.40. The van der Waals surface area contributed by atoms with Gasteiger partial charge in [-0.15, -0.1) is 0 Å². The molecule has 4 nitrogen and oxygen atoms in total. The van der Waals surface area contributed by atoms with E-state index in [4.69, 9.17) is 5.73 Å². The van der Waals surface area contributed by atoms with Crippen LogP contribution >= 0.6 is 0 Å². The van der Waals surface area contributed by atoms with Crippen molar-refractivity contribution in [1.82, 2.24) is 5.43 Å². The first-order valence-corrected chi connectivity index (χ1v) is 5.50. The number of amides is 2. The average molecular weight is 211 g/mol. The van der Waals surface area contributed by atoms with Gasteiger partial charge in [0.1, 0.15) is 0 Å². The maximum absolute atomic E-state index is 10.6. The zero-order valence-electron chi connectivity index (χ0n) is 9.84. The minimum Gasteiger partial charge on any atom is -0.350 e. The highest BCUT2D eigenvalue weighted by molar-refractivity contribution is 5.86. The Labute approximate surface area is 91.3 Å². The van der Waals surface area contributed by atoms with Gasteiger partial charge in [0.15, 0.2) is 0 Å². The third kappa shape index (κ3) is 4.32. The Balaban J connectivity index is 2.66. The Kier molecular flexibility index (Phi) is 3.72. The predicted molar refractivity (Wildman–Crippen MR) is 61.6 cm³/mol. The van der Waals surface area contributed by atoms with Gasteiger partial charge in [-0.1, -0.05) is 20.8 Å². The molecule has 1 unspecified atom stereocenters. The monoisotopic (exact) mass is 211 g/mol. The molecule has 0 aromatic rings. The van der Waals surface area contributed by atoms with Crippen molar-refractivity contribution < 1.29 is 4.79 Å². The summed E-state index contributed by atoms with van der Waals surface area (Å²) in [6.07, 6.45) is 4.26. The second-order valence-corrected chi connectivity index (χ2v) is 5.34. The van der Waals surface area contributed by atoms with E-state index in [9.17, 15) is 4.79 Å². The molecular weight excluding hydrogens is 190 g/mol. The highest BCUT2D eigenvalue weighted by atomic mass is 16.2. The molecule has 4 heteroatoms. The number of urea groups is 1. The molecule has 3 N–H and O–H groups in total. The summed E-state index contributed by atoms with van der Waals surface area (Å²) in [4.78, 5) is 10.6. The molecule has 1 aliphatic carbocycles. The number of nitrogens with zero attached hydrogens (tertiary/aromatic N) is 1. The lowest BCUT2D eigenvalue weighted by Gasteiger charge is -2.24. The van der Waals surface area contributed by atoms with Crippen molar-refractivity contribution >= 4 is 11.7 Å². The number of hydrogen-bond acceptors (Lipinski definition) is 2. The van der Waals surface area contributed by atoms with E-state index >= 15 is 0 Å². The number of nitrogens with one attached hydrogen (secondary N) is 1. The Bertz CT molecular complexity index is 271. The molecule has 0 radical (unpaired) electrons. The minimum absolute atomic E-state index is 0.272. The molecule has 1 saturated carbocycles. The van der Waals surface area contributed by atoms with Crippen LogP contribution < -0.4 is 11.2 Å². The number of nitrogens with two attached hydrogens (primary N) is 1. The van der Waals surface area contributed by atoms with E-state index in [0.717, 1.165) is 30.9 Å². The van der Waals surface area contributed by atoms with Gasteiger partial charge in [0.25, 0.3) is 0 Å². The molecule has 0 aliphatic heterocycles. The maximum atomic E-state index is 10.6. The topological polar surface area (TPSA) is 67.5 Å². The summed E-state index contributed by atoms with van der Waals surface area (Å²) in [5.74, 6) is 0.723. The molecule has 1 rings (SSSR count). The van der Waals surface area contributed by atoms with Crippen LogP contribution in [0.25, 0.3) is 0 Å². The highest BCUT2D eigenvalue weighted by Crippen LogP contribution is 2.35. The maximum Gasteiger partial charge on any atom is 0.332 e. The van der Waals surface area contributed by atoms with Crippen molar-refractivity contribution in [3.63, 3.8) is 0 Å². The van der Waals surface area contributed by atoms with Gasteiger partial charge in [-0.3, -0.25) is 0 Å². The van der Waals surface area contributed by atoms with E-state index in [1.165, 1.54) is 6.42 Å². The van der Waals surface area contributed by atoms with Crippen molar-refractivity contribution in [3.8, 4) is 0 Å². The summed E-state index contributed by atoms with van der Waals surface area (Å²) in [6, 6.07) is -0.586. The van der Waals surface area contributed by atoms with E-state index in [1.54, 1.807) is 0 Å². The van der Waals surface area contributed by atoms with E-state index in [0.29, 0.717) is 0 Å². The van der Waals surface area contributed by atoms with Crippen LogP contribution in [0.15, 0.2) is 5.10 Å². The molecule has 1 fully saturated rings. The number of rotatable bonds is 1. The second kappa shape index (κ2) is 4.64. The number of carbonyl (C=O) groups excluding carboxylic acids is 1. The fraction of sp³-hybridized carbons (Fsp3) is 0.818. The van der Waals surface area contributed by atoms with Crippen LogP contribution in [0.5, 0.6) is 0 Å². The molecule has 0 spiro atoms. The number of carbonyl (C=O) groups is 1. The molecule has 0 bridgehead atoms. The van der Waals surface area contributed by atoms with E-state index < -0.39 is 6.03 Å². The first-order valence-electron chi connectivity index (χ1n) is 5.50.